The Morgan fingerprint density at radius 1 is 0.921 bits per heavy atom. The zero-order chi connectivity index (χ0) is 26.7. The van der Waals surface area contributed by atoms with Gasteiger partial charge in [-0.1, -0.05) is 66.7 Å². The molecule has 0 saturated heterocycles. The van der Waals surface area contributed by atoms with Gasteiger partial charge in [0.25, 0.3) is 0 Å². The van der Waals surface area contributed by atoms with Crippen LogP contribution in [0.3, 0.4) is 0 Å². The average Bonchev–Trinajstić information content (AvgIpc) is 2.93. The van der Waals surface area contributed by atoms with Crippen LogP contribution in [0, 0.1) is 5.82 Å². The van der Waals surface area contributed by atoms with E-state index in [2.05, 4.69) is 0 Å². The van der Waals surface area contributed by atoms with E-state index in [9.17, 15) is 17.6 Å². The first-order chi connectivity index (χ1) is 18.3. The molecule has 5 rings (SSSR count). The van der Waals surface area contributed by atoms with Gasteiger partial charge in [-0.15, -0.1) is 0 Å². The number of carbonyl (C=O) groups is 1. The van der Waals surface area contributed by atoms with Gasteiger partial charge in [0, 0.05) is 13.1 Å². The third-order valence-electron chi connectivity index (χ3n) is 6.68. The quantitative estimate of drug-likeness (QED) is 0.317. The third-order valence-corrected chi connectivity index (χ3v) is 8.49. The van der Waals surface area contributed by atoms with Crippen LogP contribution in [0.2, 0.25) is 0 Å². The molecule has 0 N–H and O–H groups in total. The minimum Gasteiger partial charge on any atom is -0.497 e. The summed E-state index contributed by atoms with van der Waals surface area (Å²) < 4.78 is 47.3. The van der Waals surface area contributed by atoms with Crippen LogP contribution in [0.1, 0.15) is 17.2 Å². The molecule has 0 spiro atoms. The van der Waals surface area contributed by atoms with E-state index in [0.717, 1.165) is 21.9 Å². The molecule has 1 heterocycles. The Kier molecular flexibility index (Phi) is 7.26. The number of hydrogen-bond donors (Lipinski definition) is 0. The summed E-state index contributed by atoms with van der Waals surface area (Å²) in [6.07, 6.45) is 3.61. The van der Waals surface area contributed by atoms with Gasteiger partial charge in [-0.05, 0) is 58.3 Å². The van der Waals surface area contributed by atoms with Crippen LogP contribution in [-0.2, 0) is 21.4 Å². The number of hydrogen-bond acceptors (Lipinski definition) is 4. The molecule has 1 aliphatic rings. The second-order valence-electron chi connectivity index (χ2n) is 9.10. The van der Waals surface area contributed by atoms with Crippen molar-refractivity contribution in [1.82, 2.24) is 9.21 Å². The highest BCUT2D eigenvalue weighted by atomic mass is 32.2. The molecular formula is C30H27FN2O4S. The molecule has 194 valence electrons. The van der Waals surface area contributed by atoms with Crippen LogP contribution in [0.15, 0.2) is 108 Å². The Morgan fingerprint density at radius 3 is 2.34 bits per heavy atom. The molecule has 4 aromatic carbocycles. The van der Waals surface area contributed by atoms with E-state index in [1.54, 1.807) is 48.4 Å². The summed E-state index contributed by atoms with van der Waals surface area (Å²) in [7, 11) is -2.37. The number of benzene rings is 4. The normalized spacial score (nSPS) is 17.7. The lowest BCUT2D eigenvalue weighted by molar-refractivity contribution is -0.133. The van der Waals surface area contributed by atoms with Gasteiger partial charge in [0.05, 0.1) is 24.6 Å². The van der Waals surface area contributed by atoms with E-state index in [0.29, 0.717) is 5.75 Å². The van der Waals surface area contributed by atoms with E-state index in [1.165, 1.54) is 16.4 Å². The number of carbonyl (C=O) groups excluding carboxylic acids is 1. The fourth-order valence-electron chi connectivity index (χ4n) is 4.60. The second kappa shape index (κ2) is 10.8. The smallest absolute Gasteiger partial charge is 0.243 e. The summed E-state index contributed by atoms with van der Waals surface area (Å²) in [4.78, 5) is 15.5. The number of ether oxygens (including phenoxy) is 1. The third kappa shape index (κ3) is 5.32. The Hall–Kier alpha value is -4.01. The molecule has 1 aliphatic heterocycles. The van der Waals surface area contributed by atoms with Gasteiger partial charge in [-0.2, -0.15) is 4.31 Å². The number of amides is 1. The minimum atomic E-state index is -3.95. The maximum absolute atomic E-state index is 13.7. The predicted molar refractivity (Wildman–Crippen MR) is 145 cm³/mol. The number of halogens is 1. The highest BCUT2D eigenvalue weighted by Gasteiger charge is 2.32. The van der Waals surface area contributed by atoms with E-state index in [1.807, 2.05) is 54.6 Å². The fraction of sp³-hybridized carbons (Fsp3) is 0.167. The van der Waals surface area contributed by atoms with Crippen molar-refractivity contribution in [3.63, 3.8) is 0 Å². The van der Waals surface area contributed by atoms with E-state index in [-0.39, 0.29) is 36.3 Å². The first-order valence-electron chi connectivity index (χ1n) is 12.2. The molecule has 38 heavy (non-hydrogen) atoms. The van der Waals surface area contributed by atoms with Crippen LogP contribution in [0.5, 0.6) is 5.75 Å². The summed E-state index contributed by atoms with van der Waals surface area (Å²) in [5.74, 6) is -0.0384. The molecular weight excluding hydrogens is 503 g/mol. The number of sulfonamides is 1. The fourth-order valence-corrected chi connectivity index (χ4v) is 5.97. The van der Waals surface area contributed by atoms with Gasteiger partial charge in [-0.3, -0.25) is 4.79 Å². The van der Waals surface area contributed by atoms with Crippen molar-refractivity contribution in [3.8, 4) is 5.75 Å². The molecule has 0 radical (unpaired) electrons. The van der Waals surface area contributed by atoms with Crippen LogP contribution in [0.4, 0.5) is 4.39 Å². The average molecular weight is 531 g/mol. The minimum absolute atomic E-state index is 0.0535. The summed E-state index contributed by atoms with van der Waals surface area (Å²) >= 11 is 0. The number of fused-ring (bicyclic) bond motifs is 1. The van der Waals surface area contributed by atoms with E-state index >= 15 is 0 Å². The summed E-state index contributed by atoms with van der Waals surface area (Å²) in [6, 6.07) is 25.4. The Morgan fingerprint density at radius 2 is 1.63 bits per heavy atom. The topological polar surface area (TPSA) is 66.9 Å². The molecule has 1 amide bonds. The van der Waals surface area contributed by atoms with E-state index in [4.69, 9.17) is 4.74 Å². The molecule has 8 heteroatoms. The van der Waals surface area contributed by atoms with Crippen molar-refractivity contribution in [2.24, 2.45) is 0 Å². The Labute approximate surface area is 221 Å². The zero-order valence-electron chi connectivity index (χ0n) is 20.8. The highest BCUT2D eigenvalue weighted by Crippen LogP contribution is 2.29. The summed E-state index contributed by atoms with van der Waals surface area (Å²) in [5, 5.41) is 1.74. The number of methoxy groups -OCH3 is 1. The van der Waals surface area contributed by atoms with E-state index < -0.39 is 16.1 Å². The number of nitrogens with zero attached hydrogens (tertiary/aromatic N) is 2. The number of rotatable bonds is 6. The first kappa shape index (κ1) is 25.6. The van der Waals surface area contributed by atoms with Crippen molar-refractivity contribution in [1.29, 1.82) is 0 Å². The Bertz CT molecular complexity index is 1590. The molecule has 0 aromatic heterocycles. The van der Waals surface area contributed by atoms with Crippen LogP contribution in [0.25, 0.3) is 10.8 Å². The molecule has 0 bridgehead atoms. The molecule has 0 fully saturated rings. The van der Waals surface area contributed by atoms with Gasteiger partial charge in [0.2, 0.25) is 15.9 Å². The SMILES string of the molecule is COc1ccc(C2/C=C\CN(S(=O)(=O)c3ccc4ccccc4c3)CC(=O)N2Cc2ccc(F)cc2)cc1. The lowest BCUT2D eigenvalue weighted by Gasteiger charge is -2.34. The zero-order valence-corrected chi connectivity index (χ0v) is 21.6. The first-order valence-corrected chi connectivity index (χ1v) is 13.6. The van der Waals surface area contributed by atoms with Crippen molar-refractivity contribution in [2.75, 3.05) is 20.2 Å². The summed E-state index contributed by atoms with van der Waals surface area (Å²) in [5.41, 5.74) is 1.58. The van der Waals surface area contributed by atoms with Gasteiger partial charge in [-0.25, -0.2) is 12.8 Å². The Balaban J connectivity index is 1.50. The monoisotopic (exact) mass is 530 g/mol. The molecule has 0 aliphatic carbocycles. The molecule has 0 saturated carbocycles. The molecule has 1 unspecified atom stereocenters. The standard InChI is InChI=1S/C30H27FN2O4S/c1-37-27-15-10-24(11-16-27)29-7-4-18-32(21-30(34)33(29)20-22-8-13-26(31)14-9-22)38(35,36)28-17-12-23-5-2-3-6-25(23)19-28/h2-17,19,29H,18,20-21H2,1H3/b7-4-. The summed E-state index contributed by atoms with van der Waals surface area (Å²) in [6.45, 7) is -0.0880. The van der Waals surface area contributed by atoms with Crippen molar-refractivity contribution in [3.05, 3.63) is 120 Å². The van der Waals surface area contributed by atoms with Gasteiger partial charge in [0.15, 0.2) is 0 Å². The lowest BCUT2D eigenvalue weighted by atomic mass is 10.0. The van der Waals surface area contributed by atoms with Crippen molar-refractivity contribution >= 4 is 26.7 Å². The predicted octanol–water partition coefficient (Wildman–Crippen LogP) is 5.32. The molecule has 4 aromatic rings. The highest BCUT2D eigenvalue weighted by molar-refractivity contribution is 7.89. The largest absolute Gasteiger partial charge is 0.497 e. The maximum Gasteiger partial charge on any atom is 0.243 e. The molecule has 6 nitrogen and oxygen atoms in total. The van der Waals surface area contributed by atoms with Crippen molar-refractivity contribution < 1.29 is 22.3 Å². The van der Waals surface area contributed by atoms with Crippen LogP contribution in [-0.4, -0.2) is 43.7 Å². The maximum atomic E-state index is 13.7. The van der Waals surface area contributed by atoms with Crippen LogP contribution < -0.4 is 4.74 Å². The molecule has 1 atom stereocenters. The van der Waals surface area contributed by atoms with Gasteiger partial charge >= 0.3 is 0 Å². The lowest BCUT2D eigenvalue weighted by Crippen LogP contribution is -2.45. The second-order valence-corrected chi connectivity index (χ2v) is 11.0. The van der Waals surface area contributed by atoms with Gasteiger partial charge < -0.3 is 9.64 Å². The van der Waals surface area contributed by atoms with Crippen molar-refractivity contribution in [2.45, 2.75) is 17.5 Å². The van der Waals surface area contributed by atoms with Crippen LogP contribution >= 0.6 is 0 Å². The van der Waals surface area contributed by atoms with Gasteiger partial charge in [0.1, 0.15) is 11.6 Å².